The summed E-state index contributed by atoms with van der Waals surface area (Å²) in [6, 6.07) is 0. The Morgan fingerprint density at radius 3 is 1.72 bits per heavy atom. The smallest absolute Gasteiger partial charge is 0.303 e. The zero-order valence-electron chi connectivity index (χ0n) is 12.3. The Kier molecular flexibility index (Phi) is 13.3. The lowest BCUT2D eigenvalue weighted by Gasteiger charge is -2.12. The summed E-state index contributed by atoms with van der Waals surface area (Å²) in [5, 5.41) is 8.50. The van der Waals surface area contributed by atoms with Gasteiger partial charge in [-0.05, 0) is 31.3 Å². The summed E-state index contributed by atoms with van der Waals surface area (Å²) in [7, 11) is 0.349. The minimum atomic E-state index is -0.654. The number of aliphatic carboxylic acids is 1. The summed E-state index contributed by atoms with van der Waals surface area (Å²) >= 11 is 0. The molecule has 0 aliphatic rings. The van der Waals surface area contributed by atoms with Gasteiger partial charge < -0.3 is 5.11 Å². The normalized spacial score (nSPS) is 11.1. The van der Waals surface area contributed by atoms with Crippen LogP contribution >= 0.6 is 7.92 Å². The van der Waals surface area contributed by atoms with Crippen molar-refractivity contribution < 1.29 is 9.90 Å². The molecule has 0 aliphatic heterocycles. The lowest BCUT2D eigenvalue weighted by atomic mass is 10.1. The van der Waals surface area contributed by atoms with Crippen LogP contribution in [0.4, 0.5) is 0 Å². The van der Waals surface area contributed by atoms with Crippen LogP contribution in [0, 0.1) is 0 Å². The van der Waals surface area contributed by atoms with Crippen LogP contribution in [0.25, 0.3) is 0 Å². The van der Waals surface area contributed by atoms with Gasteiger partial charge in [0.2, 0.25) is 0 Å². The van der Waals surface area contributed by atoms with Crippen molar-refractivity contribution in [2.24, 2.45) is 0 Å². The summed E-state index contributed by atoms with van der Waals surface area (Å²) in [5.74, 6) is -0.654. The van der Waals surface area contributed by atoms with Crippen molar-refractivity contribution in [3.05, 3.63) is 0 Å². The predicted octanol–water partition coefficient (Wildman–Crippen LogP) is 5.10. The predicted molar refractivity (Wildman–Crippen MR) is 82.1 cm³/mol. The third kappa shape index (κ3) is 12.4. The molecule has 0 amide bonds. The van der Waals surface area contributed by atoms with Crippen molar-refractivity contribution in [2.45, 2.75) is 71.6 Å². The van der Waals surface area contributed by atoms with Gasteiger partial charge in [-0.1, -0.05) is 52.4 Å². The Hall–Kier alpha value is -0.100. The maximum atomic E-state index is 10.3. The fourth-order valence-electron chi connectivity index (χ4n) is 2.21. The maximum Gasteiger partial charge on any atom is 0.303 e. The Balaban J connectivity index is 3.09. The highest BCUT2D eigenvalue weighted by Crippen LogP contribution is 2.35. The Morgan fingerprint density at radius 1 is 0.833 bits per heavy atom. The largest absolute Gasteiger partial charge is 0.481 e. The minimum absolute atomic E-state index is 0.345. The number of hydrogen-bond donors (Lipinski definition) is 1. The van der Waals surface area contributed by atoms with Crippen molar-refractivity contribution in [2.75, 3.05) is 18.5 Å². The van der Waals surface area contributed by atoms with Gasteiger partial charge in [0.05, 0.1) is 0 Å². The standard InChI is InChI=1S/C15H31O2P/c1-3-18(4-2)14-12-10-8-6-5-7-9-11-13-15(16)17/h3-14H2,1-2H3,(H,16,17). The highest BCUT2D eigenvalue weighted by Gasteiger charge is 2.01. The van der Waals surface area contributed by atoms with Crippen molar-refractivity contribution in [1.29, 1.82) is 0 Å². The Labute approximate surface area is 114 Å². The average molecular weight is 274 g/mol. The number of rotatable bonds is 13. The van der Waals surface area contributed by atoms with Gasteiger partial charge in [0, 0.05) is 6.42 Å². The van der Waals surface area contributed by atoms with Crippen LogP contribution < -0.4 is 0 Å². The number of carboxylic acid groups (broad SMARTS) is 1. The lowest BCUT2D eigenvalue weighted by Crippen LogP contribution is -1.93. The summed E-state index contributed by atoms with van der Waals surface area (Å²) in [6.45, 7) is 4.65. The quantitative estimate of drug-likeness (QED) is 0.374. The fourth-order valence-corrected chi connectivity index (χ4v) is 3.96. The van der Waals surface area contributed by atoms with Crippen LogP contribution in [0.15, 0.2) is 0 Å². The van der Waals surface area contributed by atoms with Gasteiger partial charge in [0.25, 0.3) is 0 Å². The van der Waals surface area contributed by atoms with E-state index in [0.29, 0.717) is 14.3 Å². The Bertz CT molecular complexity index is 191. The second-order valence-corrected chi connectivity index (χ2v) is 8.05. The lowest BCUT2D eigenvalue weighted by molar-refractivity contribution is -0.137. The molecule has 108 valence electrons. The zero-order valence-corrected chi connectivity index (χ0v) is 13.2. The van der Waals surface area contributed by atoms with Gasteiger partial charge in [-0.25, -0.2) is 0 Å². The molecule has 0 fully saturated rings. The van der Waals surface area contributed by atoms with E-state index >= 15 is 0 Å². The van der Waals surface area contributed by atoms with Crippen LogP contribution in [0.3, 0.4) is 0 Å². The molecule has 0 aromatic rings. The van der Waals surface area contributed by atoms with E-state index in [1.54, 1.807) is 0 Å². The van der Waals surface area contributed by atoms with E-state index in [1.165, 1.54) is 57.0 Å². The fraction of sp³-hybridized carbons (Fsp3) is 0.933. The van der Waals surface area contributed by atoms with E-state index in [9.17, 15) is 4.79 Å². The van der Waals surface area contributed by atoms with Crippen LogP contribution in [-0.2, 0) is 4.79 Å². The van der Waals surface area contributed by atoms with Crippen molar-refractivity contribution in [3.8, 4) is 0 Å². The molecule has 0 saturated carbocycles. The van der Waals surface area contributed by atoms with Crippen molar-refractivity contribution >= 4 is 13.9 Å². The van der Waals surface area contributed by atoms with E-state index in [0.717, 1.165) is 12.8 Å². The first-order valence-corrected chi connectivity index (χ1v) is 9.54. The molecule has 0 spiro atoms. The molecule has 0 bridgehead atoms. The topological polar surface area (TPSA) is 37.3 Å². The second-order valence-electron chi connectivity index (χ2n) is 5.00. The molecule has 1 N–H and O–H groups in total. The van der Waals surface area contributed by atoms with Gasteiger partial charge in [0.1, 0.15) is 0 Å². The molecule has 0 radical (unpaired) electrons. The maximum absolute atomic E-state index is 10.3. The van der Waals surface area contributed by atoms with Gasteiger partial charge in [0.15, 0.2) is 0 Å². The third-order valence-electron chi connectivity index (χ3n) is 3.51. The summed E-state index contributed by atoms with van der Waals surface area (Å²) in [5.41, 5.74) is 0. The molecular formula is C15H31O2P. The highest BCUT2D eigenvalue weighted by atomic mass is 31.1. The Morgan fingerprint density at radius 2 is 1.28 bits per heavy atom. The average Bonchev–Trinajstić information content (AvgIpc) is 2.36. The first-order valence-electron chi connectivity index (χ1n) is 7.64. The monoisotopic (exact) mass is 274 g/mol. The number of carboxylic acids is 1. The van der Waals surface area contributed by atoms with E-state index in [2.05, 4.69) is 13.8 Å². The highest BCUT2D eigenvalue weighted by molar-refractivity contribution is 7.57. The van der Waals surface area contributed by atoms with Crippen LogP contribution in [0.5, 0.6) is 0 Å². The first-order chi connectivity index (χ1) is 8.70. The van der Waals surface area contributed by atoms with Gasteiger partial charge in [-0.3, -0.25) is 4.79 Å². The van der Waals surface area contributed by atoms with Crippen molar-refractivity contribution in [1.82, 2.24) is 0 Å². The van der Waals surface area contributed by atoms with E-state index in [4.69, 9.17) is 5.11 Å². The van der Waals surface area contributed by atoms with Gasteiger partial charge in [-0.15, -0.1) is 7.92 Å². The second kappa shape index (κ2) is 13.3. The van der Waals surface area contributed by atoms with E-state index < -0.39 is 5.97 Å². The SMILES string of the molecule is CCP(CC)CCCCCCCCCCC(=O)O. The molecule has 0 unspecified atom stereocenters. The van der Waals surface area contributed by atoms with E-state index in [1.807, 2.05) is 0 Å². The van der Waals surface area contributed by atoms with Crippen LogP contribution in [0.1, 0.15) is 71.6 Å². The number of unbranched alkanes of at least 4 members (excludes halogenated alkanes) is 7. The molecule has 0 saturated heterocycles. The van der Waals surface area contributed by atoms with Crippen LogP contribution in [-0.4, -0.2) is 29.6 Å². The summed E-state index contributed by atoms with van der Waals surface area (Å²) in [4.78, 5) is 10.3. The zero-order chi connectivity index (χ0) is 13.6. The summed E-state index contributed by atoms with van der Waals surface area (Å²) < 4.78 is 0. The summed E-state index contributed by atoms with van der Waals surface area (Å²) in [6.07, 6.45) is 14.6. The van der Waals surface area contributed by atoms with Gasteiger partial charge >= 0.3 is 5.97 Å². The molecular weight excluding hydrogens is 243 g/mol. The molecule has 0 aliphatic carbocycles. The molecule has 3 heteroatoms. The molecule has 0 aromatic heterocycles. The number of carbonyl (C=O) groups is 1. The van der Waals surface area contributed by atoms with Crippen molar-refractivity contribution in [3.63, 3.8) is 0 Å². The molecule has 0 aromatic carbocycles. The molecule has 0 rings (SSSR count). The number of hydrogen-bond acceptors (Lipinski definition) is 1. The first kappa shape index (κ1) is 17.9. The molecule has 2 nitrogen and oxygen atoms in total. The molecule has 0 atom stereocenters. The van der Waals surface area contributed by atoms with Crippen LogP contribution in [0.2, 0.25) is 0 Å². The minimum Gasteiger partial charge on any atom is -0.481 e. The third-order valence-corrected chi connectivity index (χ3v) is 6.25. The van der Waals surface area contributed by atoms with E-state index in [-0.39, 0.29) is 0 Å². The molecule has 18 heavy (non-hydrogen) atoms. The molecule has 0 heterocycles. The van der Waals surface area contributed by atoms with Gasteiger partial charge in [-0.2, -0.15) is 0 Å².